The number of halogens is 3. The van der Waals surface area contributed by atoms with Crippen molar-refractivity contribution in [3.05, 3.63) is 94.1 Å². The molecule has 1 fully saturated rings. The van der Waals surface area contributed by atoms with Gasteiger partial charge in [0.25, 0.3) is 0 Å². The minimum Gasteiger partial charge on any atom is -0.406 e. The molecule has 0 aliphatic carbocycles. The molecule has 1 aliphatic heterocycles. The third-order valence-electron chi connectivity index (χ3n) is 6.12. The molecule has 5 nitrogen and oxygen atoms in total. The van der Waals surface area contributed by atoms with Crippen LogP contribution in [-0.2, 0) is 6.42 Å². The lowest BCUT2D eigenvalue weighted by Crippen LogP contribution is -2.43. The zero-order valence-electron chi connectivity index (χ0n) is 18.9. The number of hydrogen-bond acceptors (Lipinski definition) is 4. The molecule has 3 aromatic carbocycles. The van der Waals surface area contributed by atoms with E-state index in [-0.39, 0.29) is 11.2 Å². The van der Waals surface area contributed by atoms with E-state index in [0.717, 1.165) is 59.8 Å². The molecule has 8 heteroatoms. The first-order chi connectivity index (χ1) is 16.9. The molecule has 35 heavy (non-hydrogen) atoms. The molecule has 4 aromatic rings. The van der Waals surface area contributed by atoms with Crippen LogP contribution in [0.15, 0.2) is 77.6 Å². The molecule has 180 valence electrons. The van der Waals surface area contributed by atoms with Crippen LogP contribution >= 0.6 is 0 Å². The number of aromatic amines is 1. The molecule has 0 amide bonds. The van der Waals surface area contributed by atoms with E-state index in [2.05, 4.69) is 19.9 Å². The highest BCUT2D eigenvalue weighted by molar-refractivity contribution is 5.93. The maximum absolute atomic E-state index is 13.1. The van der Waals surface area contributed by atoms with Crippen molar-refractivity contribution >= 4 is 16.6 Å². The predicted molar refractivity (Wildman–Crippen MR) is 131 cm³/mol. The Morgan fingerprint density at radius 3 is 2.20 bits per heavy atom. The summed E-state index contributed by atoms with van der Waals surface area (Å²) in [5.41, 5.74) is 5.23. The van der Waals surface area contributed by atoms with E-state index in [0.29, 0.717) is 11.8 Å². The summed E-state index contributed by atoms with van der Waals surface area (Å²) in [6.45, 7) is 3.51. The minimum atomic E-state index is -4.70. The fraction of sp³-hybridized carbons (Fsp3) is 0.222. The van der Waals surface area contributed by atoms with Gasteiger partial charge < -0.3 is 19.9 Å². The largest absolute Gasteiger partial charge is 0.573 e. The van der Waals surface area contributed by atoms with Crippen LogP contribution in [0.25, 0.3) is 22.2 Å². The maximum Gasteiger partial charge on any atom is 0.573 e. The summed E-state index contributed by atoms with van der Waals surface area (Å²) in [7, 11) is 0. The van der Waals surface area contributed by atoms with Crippen LogP contribution in [-0.4, -0.2) is 37.5 Å². The summed E-state index contributed by atoms with van der Waals surface area (Å²) in [5, 5.41) is 4.04. The third-order valence-corrected chi connectivity index (χ3v) is 6.12. The van der Waals surface area contributed by atoms with E-state index in [9.17, 15) is 18.0 Å². The van der Waals surface area contributed by atoms with Gasteiger partial charge in [-0.2, -0.15) is 0 Å². The molecule has 0 saturated carbocycles. The highest BCUT2D eigenvalue weighted by atomic mass is 19.4. The van der Waals surface area contributed by atoms with Gasteiger partial charge >= 0.3 is 6.36 Å². The van der Waals surface area contributed by atoms with Crippen LogP contribution in [0.2, 0.25) is 0 Å². The number of fused-ring (bicyclic) bond motifs is 1. The summed E-state index contributed by atoms with van der Waals surface area (Å²) in [6, 6.07) is 21.2. The van der Waals surface area contributed by atoms with E-state index in [4.69, 9.17) is 0 Å². The zero-order valence-corrected chi connectivity index (χ0v) is 18.9. The molecule has 1 aromatic heterocycles. The molecule has 0 bridgehead atoms. The molecule has 1 aliphatic rings. The Morgan fingerprint density at radius 2 is 1.54 bits per heavy atom. The zero-order chi connectivity index (χ0) is 24.4. The van der Waals surface area contributed by atoms with Gasteiger partial charge in [-0.25, -0.2) is 0 Å². The lowest BCUT2D eigenvalue weighted by molar-refractivity contribution is -0.274. The van der Waals surface area contributed by atoms with Crippen molar-refractivity contribution in [1.82, 2.24) is 10.3 Å². The SMILES string of the molecule is O=c1cc(-c2ccc(Cc3ccc(OC(F)(F)F)cc3)cc2)[nH]c2cccc(N3CCNCC3)c12. The third kappa shape index (κ3) is 5.33. The van der Waals surface area contributed by atoms with Gasteiger partial charge in [0, 0.05) is 37.9 Å². The lowest BCUT2D eigenvalue weighted by Gasteiger charge is -2.30. The quantitative estimate of drug-likeness (QED) is 0.419. The molecule has 0 radical (unpaired) electrons. The van der Waals surface area contributed by atoms with Gasteiger partial charge in [-0.05, 0) is 47.4 Å². The summed E-state index contributed by atoms with van der Waals surface area (Å²) in [4.78, 5) is 18.8. The Hall–Kier alpha value is -3.78. The van der Waals surface area contributed by atoms with E-state index in [1.165, 1.54) is 12.1 Å². The fourth-order valence-corrected chi connectivity index (χ4v) is 4.46. The summed E-state index contributed by atoms with van der Waals surface area (Å²) in [5.74, 6) is -0.239. The molecular weight excluding hydrogens is 455 g/mol. The first-order valence-corrected chi connectivity index (χ1v) is 11.4. The number of hydrogen-bond donors (Lipinski definition) is 2. The molecule has 0 atom stereocenters. The number of nitrogens with zero attached hydrogens (tertiary/aromatic N) is 1. The van der Waals surface area contributed by atoms with Crippen molar-refractivity contribution in [2.45, 2.75) is 12.8 Å². The van der Waals surface area contributed by atoms with Gasteiger partial charge in [-0.15, -0.1) is 13.2 Å². The Kier molecular flexibility index (Phi) is 6.21. The number of piperazine rings is 1. The van der Waals surface area contributed by atoms with Crippen LogP contribution in [0.3, 0.4) is 0 Å². The van der Waals surface area contributed by atoms with Crippen molar-refractivity contribution in [1.29, 1.82) is 0 Å². The monoisotopic (exact) mass is 479 g/mol. The number of aromatic nitrogens is 1. The summed E-state index contributed by atoms with van der Waals surface area (Å²) in [6.07, 6.45) is -4.14. The Balaban J connectivity index is 1.36. The molecule has 0 spiro atoms. The van der Waals surface area contributed by atoms with Crippen LogP contribution in [0.1, 0.15) is 11.1 Å². The number of nitrogens with one attached hydrogen (secondary N) is 2. The number of anilines is 1. The van der Waals surface area contributed by atoms with Crippen molar-refractivity contribution in [3.63, 3.8) is 0 Å². The average Bonchev–Trinajstić information content (AvgIpc) is 2.85. The van der Waals surface area contributed by atoms with E-state index < -0.39 is 6.36 Å². The number of rotatable bonds is 5. The first-order valence-electron chi connectivity index (χ1n) is 11.4. The fourth-order valence-electron chi connectivity index (χ4n) is 4.46. The van der Waals surface area contributed by atoms with Gasteiger partial charge in [0.2, 0.25) is 0 Å². The number of ether oxygens (including phenoxy) is 1. The molecular formula is C27H24F3N3O2. The van der Waals surface area contributed by atoms with E-state index in [1.807, 2.05) is 42.5 Å². The number of H-pyrrole nitrogens is 1. The molecule has 2 N–H and O–H groups in total. The standard InChI is InChI=1S/C27H24F3N3O2/c28-27(29,30)35-21-10-6-19(7-11-21)16-18-4-8-20(9-5-18)23-17-25(34)26-22(32-23)2-1-3-24(26)33-14-12-31-13-15-33/h1-11,17,31H,12-16H2,(H,32,34). The van der Waals surface area contributed by atoms with Gasteiger partial charge in [-0.3, -0.25) is 4.79 Å². The molecule has 0 unspecified atom stereocenters. The van der Waals surface area contributed by atoms with Gasteiger partial charge in [-0.1, -0.05) is 42.5 Å². The average molecular weight is 480 g/mol. The van der Waals surface area contributed by atoms with Gasteiger partial charge in [0.1, 0.15) is 5.75 Å². The second-order valence-electron chi connectivity index (χ2n) is 8.55. The molecule has 2 heterocycles. The Morgan fingerprint density at radius 1 is 0.886 bits per heavy atom. The second kappa shape index (κ2) is 9.46. The lowest BCUT2D eigenvalue weighted by atomic mass is 10.0. The van der Waals surface area contributed by atoms with Gasteiger partial charge in [0.15, 0.2) is 5.43 Å². The van der Waals surface area contributed by atoms with Crippen molar-refractivity contribution in [3.8, 4) is 17.0 Å². The number of alkyl halides is 3. The van der Waals surface area contributed by atoms with Crippen LogP contribution < -0.4 is 20.4 Å². The smallest absolute Gasteiger partial charge is 0.406 e. The normalized spacial score (nSPS) is 14.3. The minimum absolute atomic E-state index is 0.0203. The van der Waals surface area contributed by atoms with Crippen molar-refractivity contribution in [2.75, 3.05) is 31.1 Å². The predicted octanol–water partition coefficient (Wildman–Crippen LogP) is 5.09. The Labute approximate surface area is 200 Å². The van der Waals surface area contributed by atoms with E-state index in [1.54, 1.807) is 18.2 Å². The van der Waals surface area contributed by atoms with E-state index >= 15 is 0 Å². The number of pyridine rings is 1. The van der Waals surface area contributed by atoms with Crippen LogP contribution in [0.5, 0.6) is 5.75 Å². The van der Waals surface area contributed by atoms with Gasteiger partial charge in [0.05, 0.1) is 16.6 Å². The topological polar surface area (TPSA) is 57.4 Å². The maximum atomic E-state index is 13.1. The van der Waals surface area contributed by atoms with Crippen LogP contribution in [0, 0.1) is 0 Å². The summed E-state index contributed by atoms with van der Waals surface area (Å²) >= 11 is 0. The molecule has 5 rings (SSSR count). The molecule has 1 saturated heterocycles. The number of benzene rings is 3. The first kappa shape index (κ1) is 23.0. The van der Waals surface area contributed by atoms with Crippen molar-refractivity contribution in [2.24, 2.45) is 0 Å². The summed E-state index contributed by atoms with van der Waals surface area (Å²) < 4.78 is 40.9. The highest BCUT2D eigenvalue weighted by Gasteiger charge is 2.30. The highest BCUT2D eigenvalue weighted by Crippen LogP contribution is 2.27. The van der Waals surface area contributed by atoms with Crippen molar-refractivity contribution < 1.29 is 17.9 Å². The van der Waals surface area contributed by atoms with Crippen LogP contribution in [0.4, 0.5) is 18.9 Å². The Bertz CT molecular complexity index is 1370. The second-order valence-corrected chi connectivity index (χ2v) is 8.55.